The molecule has 2 aliphatic carbocycles. The molecule has 0 N–H and O–H groups in total. The van der Waals surface area contributed by atoms with E-state index in [4.69, 9.17) is 14.5 Å². The topological polar surface area (TPSA) is 31.4 Å². The Balaban J connectivity index is 0.947. The van der Waals surface area contributed by atoms with Gasteiger partial charge in [-0.05, 0) is 119 Å². The van der Waals surface area contributed by atoms with E-state index in [1.54, 1.807) is 0 Å². The number of aromatic nitrogens is 1. The van der Waals surface area contributed by atoms with Crippen LogP contribution in [0.15, 0.2) is 200 Å². The van der Waals surface area contributed by atoms with Gasteiger partial charge in [-0.3, -0.25) is 4.98 Å². The first kappa shape index (κ1) is 32.3. The first-order chi connectivity index (χ1) is 29.3. The molecule has 0 atom stereocenters. The maximum absolute atomic E-state index is 6.37. The summed E-state index contributed by atoms with van der Waals surface area (Å²) in [5, 5.41) is 4.68. The Kier molecular flexibility index (Phi) is 6.65. The summed E-state index contributed by atoms with van der Waals surface area (Å²) < 4.78 is 12.6. The summed E-state index contributed by atoms with van der Waals surface area (Å²) in [6.45, 7) is 0. The molecule has 0 amide bonds. The maximum atomic E-state index is 6.37. The Morgan fingerprint density at radius 1 is 0.322 bits per heavy atom. The lowest BCUT2D eigenvalue weighted by Gasteiger charge is -2.30. The number of hydrogen-bond donors (Lipinski definition) is 0. The van der Waals surface area contributed by atoms with Gasteiger partial charge in [-0.1, -0.05) is 158 Å². The van der Waals surface area contributed by atoms with Crippen LogP contribution < -0.4 is 9.47 Å². The summed E-state index contributed by atoms with van der Waals surface area (Å²) in [5.74, 6) is 2.87. The quantitative estimate of drug-likeness (QED) is 0.169. The molecule has 3 heteroatoms. The molecule has 0 saturated carbocycles. The van der Waals surface area contributed by atoms with Crippen molar-refractivity contribution in [1.82, 2.24) is 4.98 Å². The minimum Gasteiger partial charge on any atom is -0.450 e. The van der Waals surface area contributed by atoms with Gasteiger partial charge in [0.1, 0.15) is 0 Å². The van der Waals surface area contributed by atoms with Crippen LogP contribution in [-0.4, -0.2) is 4.98 Å². The van der Waals surface area contributed by atoms with Crippen LogP contribution in [0.25, 0.3) is 77.3 Å². The monoisotopic (exact) mass is 751 g/mol. The van der Waals surface area contributed by atoms with E-state index in [2.05, 4.69) is 170 Å². The molecule has 10 aromatic rings. The largest absolute Gasteiger partial charge is 0.450 e. The van der Waals surface area contributed by atoms with E-state index in [1.807, 2.05) is 30.3 Å². The molecule has 0 radical (unpaired) electrons. The van der Waals surface area contributed by atoms with Crippen molar-refractivity contribution in [3.05, 3.63) is 223 Å². The summed E-state index contributed by atoms with van der Waals surface area (Å²) in [7, 11) is 0. The number of nitrogens with zero attached hydrogens (tertiary/aromatic N) is 1. The molecule has 0 fully saturated rings. The van der Waals surface area contributed by atoms with Gasteiger partial charge in [-0.25, -0.2) is 0 Å². The zero-order valence-corrected chi connectivity index (χ0v) is 31.8. The molecule has 1 aliphatic heterocycles. The summed E-state index contributed by atoms with van der Waals surface area (Å²) in [4.78, 5) is 5.23. The van der Waals surface area contributed by atoms with E-state index in [9.17, 15) is 0 Å². The van der Waals surface area contributed by atoms with Gasteiger partial charge in [0.2, 0.25) is 0 Å². The van der Waals surface area contributed by atoms with E-state index in [0.717, 1.165) is 39.4 Å². The van der Waals surface area contributed by atoms with Crippen molar-refractivity contribution in [3.8, 4) is 78.8 Å². The SMILES string of the molecule is c1ccc2c(c1)Oc1ccc(-c3c4ccccc4c(-c4ccc(-c5ccc6c(c5)C5(c7ccccc7-c7ccccc75)c5ccccc5-6)nc4)c4ccccc34)cc1O2. The molecule has 59 heavy (non-hydrogen) atoms. The smallest absolute Gasteiger partial charge is 0.170 e. The average Bonchev–Trinajstić information content (AvgIpc) is 3.77. The van der Waals surface area contributed by atoms with E-state index in [1.165, 1.54) is 71.6 Å². The third-order valence-electron chi connectivity index (χ3n) is 12.8. The number of para-hydroxylation sites is 2. The zero-order chi connectivity index (χ0) is 38.7. The highest BCUT2D eigenvalue weighted by molar-refractivity contribution is 6.21. The first-order valence-electron chi connectivity index (χ1n) is 20.2. The van der Waals surface area contributed by atoms with Crippen molar-refractivity contribution >= 4 is 21.5 Å². The number of benzene rings is 9. The van der Waals surface area contributed by atoms with Gasteiger partial charge in [0.05, 0.1) is 11.1 Å². The Hall–Kier alpha value is -7.75. The molecular formula is C56H33NO2. The summed E-state index contributed by atoms with van der Waals surface area (Å²) in [6.07, 6.45) is 2.06. The Bertz CT molecular complexity index is 3280. The van der Waals surface area contributed by atoms with Gasteiger partial charge in [0, 0.05) is 17.3 Å². The molecule has 0 bridgehead atoms. The van der Waals surface area contributed by atoms with Crippen molar-refractivity contribution in [2.75, 3.05) is 0 Å². The van der Waals surface area contributed by atoms with E-state index in [-0.39, 0.29) is 0 Å². The Morgan fingerprint density at radius 2 is 0.763 bits per heavy atom. The van der Waals surface area contributed by atoms with Crippen molar-refractivity contribution in [2.24, 2.45) is 0 Å². The number of hydrogen-bond acceptors (Lipinski definition) is 3. The van der Waals surface area contributed by atoms with Gasteiger partial charge in [-0.2, -0.15) is 0 Å². The number of fused-ring (bicyclic) bond motifs is 14. The molecule has 3 aliphatic rings. The fourth-order valence-corrected chi connectivity index (χ4v) is 10.4. The molecule has 274 valence electrons. The van der Waals surface area contributed by atoms with E-state index >= 15 is 0 Å². The van der Waals surface area contributed by atoms with E-state index in [0.29, 0.717) is 11.5 Å². The summed E-state index contributed by atoms with van der Waals surface area (Å²) in [5.41, 5.74) is 16.7. The maximum Gasteiger partial charge on any atom is 0.170 e. The molecule has 13 rings (SSSR count). The zero-order valence-electron chi connectivity index (χ0n) is 31.8. The number of pyridine rings is 1. The predicted octanol–water partition coefficient (Wildman–Crippen LogP) is 14.6. The van der Waals surface area contributed by atoms with Crippen molar-refractivity contribution < 1.29 is 9.47 Å². The average molecular weight is 752 g/mol. The van der Waals surface area contributed by atoms with Gasteiger partial charge >= 0.3 is 0 Å². The molecule has 0 saturated heterocycles. The molecule has 2 heterocycles. The molecule has 9 aromatic carbocycles. The number of rotatable bonds is 3. The van der Waals surface area contributed by atoms with Gasteiger partial charge in [0.25, 0.3) is 0 Å². The summed E-state index contributed by atoms with van der Waals surface area (Å²) >= 11 is 0. The lowest BCUT2D eigenvalue weighted by Crippen LogP contribution is -2.25. The highest BCUT2D eigenvalue weighted by Crippen LogP contribution is 2.63. The summed E-state index contributed by atoms with van der Waals surface area (Å²) in [6, 6.07) is 69.8. The molecular weight excluding hydrogens is 719 g/mol. The third-order valence-corrected chi connectivity index (χ3v) is 12.8. The van der Waals surface area contributed by atoms with Gasteiger partial charge < -0.3 is 9.47 Å². The van der Waals surface area contributed by atoms with Crippen LogP contribution in [0.3, 0.4) is 0 Å². The fourth-order valence-electron chi connectivity index (χ4n) is 10.4. The second-order valence-electron chi connectivity index (χ2n) is 15.7. The molecule has 1 spiro atoms. The third kappa shape index (κ3) is 4.44. The van der Waals surface area contributed by atoms with Crippen molar-refractivity contribution in [3.63, 3.8) is 0 Å². The lowest BCUT2D eigenvalue weighted by atomic mass is 9.70. The Morgan fingerprint density at radius 3 is 1.32 bits per heavy atom. The molecule has 0 unspecified atom stereocenters. The van der Waals surface area contributed by atoms with Gasteiger partial charge in [0.15, 0.2) is 23.0 Å². The van der Waals surface area contributed by atoms with E-state index < -0.39 is 5.41 Å². The molecule has 1 aromatic heterocycles. The normalized spacial score (nSPS) is 13.5. The lowest BCUT2D eigenvalue weighted by molar-refractivity contribution is 0.360. The van der Waals surface area contributed by atoms with Crippen LogP contribution in [0.2, 0.25) is 0 Å². The Labute approximate surface area is 341 Å². The highest BCUT2D eigenvalue weighted by Gasteiger charge is 2.51. The van der Waals surface area contributed by atoms with Crippen LogP contribution in [0.1, 0.15) is 22.3 Å². The van der Waals surface area contributed by atoms with Crippen LogP contribution in [0.4, 0.5) is 0 Å². The fraction of sp³-hybridized carbons (Fsp3) is 0.0179. The minimum atomic E-state index is -0.393. The second kappa shape index (κ2) is 12.1. The minimum absolute atomic E-state index is 0.393. The highest BCUT2D eigenvalue weighted by atomic mass is 16.6. The van der Waals surface area contributed by atoms with Crippen LogP contribution in [0, 0.1) is 0 Å². The standard InChI is InChI=1S/C56H33NO2/c1-3-18-43-41(16-1)54(35-27-30-52-53(32-35)59-51-24-12-11-23-50(51)58-52)42-17-2-4-19-44(42)55(43)36-26-29-49(57-33-36)34-25-28-40-39-15-7-10-22-47(39)56(48(40)31-34)45-20-8-5-13-37(45)38-14-6-9-21-46(38)56/h1-33H. The van der Waals surface area contributed by atoms with Crippen molar-refractivity contribution in [1.29, 1.82) is 0 Å². The van der Waals surface area contributed by atoms with Crippen molar-refractivity contribution in [2.45, 2.75) is 5.41 Å². The first-order valence-corrected chi connectivity index (χ1v) is 20.2. The van der Waals surface area contributed by atoms with Crippen LogP contribution in [-0.2, 0) is 5.41 Å². The molecule has 3 nitrogen and oxygen atoms in total. The van der Waals surface area contributed by atoms with Gasteiger partial charge in [-0.15, -0.1) is 0 Å². The second-order valence-corrected chi connectivity index (χ2v) is 15.7. The predicted molar refractivity (Wildman–Crippen MR) is 238 cm³/mol. The number of ether oxygens (including phenoxy) is 2. The van der Waals surface area contributed by atoms with Crippen LogP contribution in [0.5, 0.6) is 23.0 Å². The van der Waals surface area contributed by atoms with Crippen LogP contribution >= 0.6 is 0 Å².